The quantitative estimate of drug-likeness (QED) is 0.0778. The molecule has 5 heterocycles. The molecule has 9 nitrogen and oxygen atoms in total. The predicted octanol–water partition coefficient (Wildman–Crippen LogP) is 11.1. The van der Waals surface area contributed by atoms with Gasteiger partial charge in [-0.15, -0.1) is 0 Å². The lowest BCUT2D eigenvalue weighted by molar-refractivity contribution is -0.143. The van der Waals surface area contributed by atoms with Gasteiger partial charge in [-0.25, -0.2) is 0 Å². The number of ether oxygens (including phenoxy) is 2. The SMILES string of the molecule is C=Cc1c(C)c2[nH]c1=CC1=NC(Cc3[nH]c4c(c3C)C(=O)[C@@H](C(=O)OC)/C4=C3/N=C(C=2)[C@H](C)[C@H]3CCC(=O)OC/C=C(\C)CCC[C@@H](C)CCC[C@@H](C)CCCC(C)C)C(CC)=C1C. The highest BCUT2D eigenvalue weighted by Gasteiger charge is 2.48. The number of carbonyl (C=O) groups excluding carboxylic acids is 3. The number of aromatic nitrogens is 2. The highest BCUT2D eigenvalue weighted by molar-refractivity contribution is 6.25. The van der Waals surface area contributed by atoms with Crippen LogP contribution in [0, 0.1) is 49.4 Å². The Bertz CT molecular complexity index is 2390. The molecule has 0 saturated heterocycles. The zero-order valence-corrected chi connectivity index (χ0v) is 40.9. The normalized spacial score (nSPS) is 22.6. The van der Waals surface area contributed by atoms with Gasteiger partial charge in [-0.05, 0) is 112 Å². The van der Waals surface area contributed by atoms with E-state index in [1.807, 2.05) is 19.1 Å². The van der Waals surface area contributed by atoms with Gasteiger partial charge in [0.05, 0.1) is 30.3 Å². The highest BCUT2D eigenvalue weighted by Crippen LogP contribution is 2.48. The Labute approximate surface area is 382 Å². The lowest BCUT2D eigenvalue weighted by Crippen LogP contribution is -2.24. The molecule has 0 radical (unpaired) electrons. The number of nitrogens with zero attached hydrogens (tertiary/aromatic N) is 2. The third-order valence-electron chi connectivity index (χ3n) is 14.8. The molecule has 0 saturated carbocycles. The molecule has 2 aromatic rings. The minimum atomic E-state index is -1.16. The summed E-state index contributed by atoms with van der Waals surface area (Å²) >= 11 is 0. The number of hydrogen-bond acceptors (Lipinski definition) is 7. The Kier molecular flexibility index (Phi) is 16.3. The van der Waals surface area contributed by atoms with Gasteiger partial charge in [0.25, 0.3) is 0 Å². The molecule has 6 rings (SSSR count). The summed E-state index contributed by atoms with van der Waals surface area (Å²) in [6.45, 7) is 26.4. The Balaban J connectivity index is 1.20. The molecule has 1 unspecified atom stereocenters. The number of fused-ring (bicyclic) bond motifs is 5. The van der Waals surface area contributed by atoms with Crippen LogP contribution in [-0.2, 0) is 25.5 Å². The molecule has 0 aromatic carbocycles. The first-order chi connectivity index (χ1) is 30.6. The Hall–Kier alpha value is -4.79. The van der Waals surface area contributed by atoms with Crippen LogP contribution >= 0.6 is 0 Å². The zero-order valence-electron chi connectivity index (χ0n) is 40.9. The molecule has 2 aromatic heterocycles. The number of aromatic amines is 2. The maximum Gasteiger partial charge on any atom is 0.321 e. The first kappa shape index (κ1) is 48.7. The van der Waals surface area contributed by atoms with Crippen LogP contribution in [-0.4, -0.2) is 58.9 Å². The van der Waals surface area contributed by atoms with E-state index in [1.54, 1.807) is 0 Å². The van der Waals surface area contributed by atoms with E-state index >= 15 is 0 Å². The number of esters is 2. The predicted molar refractivity (Wildman–Crippen MR) is 263 cm³/mol. The Morgan fingerprint density at radius 2 is 1.62 bits per heavy atom. The first-order valence-electron chi connectivity index (χ1n) is 24.4. The summed E-state index contributed by atoms with van der Waals surface area (Å²) in [5.74, 6) is -0.413. The van der Waals surface area contributed by atoms with Crippen LogP contribution in [0.1, 0.15) is 171 Å². The molecule has 3 aliphatic heterocycles. The number of nitrogens with one attached hydrogen (secondary N) is 2. The maximum atomic E-state index is 14.4. The molecular weight excluding hydrogens is 797 g/mol. The summed E-state index contributed by atoms with van der Waals surface area (Å²) in [5.41, 5.74) is 11.5. The molecule has 8 bridgehead atoms. The molecule has 4 aliphatic rings. The summed E-state index contributed by atoms with van der Waals surface area (Å²) in [5, 5.41) is 1.83. The summed E-state index contributed by atoms with van der Waals surface area (Å²) in [6, 6.07) is -0.103. The highest BCUT2D eigenvalue weighted by atomic mass is 16.5. The van der Waals surface area contributed by atoms with Crippen molar-refractivity contribution in [3.63, 3.8) is 0 Å². The minimum Gasteiger partial charge on any atom is -0.468 e. The van der Waals surface area contributed by atoms with E-state index in [1.165, 1.54) is 63.2 Å². The second-order valence-electron chi connectivity index (χ2n) is 19.9. The van der Waals surface area contributed by atoms with Crippen LogP contribution in [0.25, 0.3) is 23.8 Å². The number of carbonyl (C=O) groups is 3. The van der Waals surface area contributed by atoms with Gasteiger partial charge in [0.2, 0.25) is 0 Å². The van der Waals surface area contributed by atoms with Crippen LogP contribution in [0.4, 0.5) is 0 Å². The van der Waals surface area contributed by atoms with Gasteiger partial charge in [-0.1, -0.05) is 105 Å². The van der Waals surface area contributed by atoms with Crippen LogP contribution in [0.3, 0.4) is 0 Å². The zero-order chi connectivity index (χ0) is 46.4. The molecule has 6 atom stereocenters. The van der Waals surface area contributed by atoms with Crippen LogP contribution < -0.4 is 10.7 Å². The second-order valence-corrected chi connectivity index (χ2v) is 19.9. The molecule has 1 aliphatic carbocycles. The summed E-state index contributed by atoms with van der Waals surface area (Å²) in [4.78, 5) is 59.3. The van der Waals surface area contributed by atoms with Crippen molar-refractivity contribution in [3.8, 4) is 0 Å². The van der Waals surface area contributed by atoms with E-state index < -0.39 is 11.9 Å². The van der Waals surface area contributed by atoms with Gasteiger partial charge in [-0.2, -0.15) is 0 Å². The van der Waals surface area contributed by atoms with Gasteiger partial charge in [0, 0.05) is 63.5 Å². The molecular formula is C55H76N4O5. The van der Waals surface area contributed by atoms with Crippen molar-refractivity contribution in [1.29, 1.82) is 0 Å². The number of H-pyrrole nitrogens is 2. The standard InChI is InChI=1S/C55H76N4O5/c1-13-39-35(8)42-28-44-37(10)41(24-25-48(60)64-27-26-34(7)23-17-22-33(6)21-16-20-32(5)19-15-18-31(3)4)52(58-44)50-51(55(62)63-12)54(61)49-38(11)45(59-53(49)50)30-47-40(14-2)36(9)43(57-47)29-46(39)56-42/h13,26,28-29,31-33,37,41,47,51,56,59H,1,14-25,27,30H2,2-12H3/b34-26+,42-28?,46-29?,52-50-/t32-,33-,37+,41+,47?,51-/m0/s1. The van der Waals surface area contributed by atoms with Crippen molar-refractivity contribution in [2.45, 2.75) is 159 Å². The lowest BCUT2D eigenvalue weighted by Gasteiger charge is -2.20. The van der Waals surface area contributed by atoms with Crippen molar-refractivity contribution in [1.82, 2.24) is 9.97 Å². The Morgan fingerprint density at radius 3 is 2.28 bits per heavy atom. The summed E-state index contributed by atoms with van der Waals surface area (Å²) in [7, 11) is 1.32. The molecule has 9 heteroatoms. The van der Waals surface area contributed by atoms with E-state index in [0.29, 0.717) is 35.4 Å². The Morgan fingerprint density at radius 1 is 0.938 bits per heavy atom. The van der Waals surface area contributed by atoms with E-state index in [-0.39, 0.29) is 42.7 Å². The van der Waals surface area contributed by atoms with Gasteiger partial charge >= 0.3 is 11.9 Å². The summed E-state index contributed by atoms with van der Waals surface area (Å²) < 4.78 is 11.1. The number of hydrogen-bond donors (Lipinski definition) is 2. The molecule has 2 N–H and O–H groups in total. The van der Waals surface area contributed by atoms with Crippen molar-refractivity contribution < 1.29 is 23.9 Å². The van der Waals surface area contributed by atoms with Gasteiger partial charge in [0.15, 0.2) is 5.78 Å². The van der Waals surface area contributed by atoms with Crippen LogP contribution in [0.2, 0.25) is 0 Å². The van der Waals surface area contributed by atoms with Gasteiger partial charge in [-0.3, -0.25) is 24.4 Å². The minimum absolute atomic E-state index is 0.103. The van der Waals surface area contributed by atoms with Crippen molar-refractivity contribution in [3.05, 3.63) is 79.4 Å². The maximum absolute atomic E-state index is 14.4. The van der Waals surface area contributed by atoms with Gasteiger partial charge in [0.1, 0.15) is 12.5 Å². The number of allylic oxidation sites excluding steroid dienone is 3. The van der Waals surface area contributed by atoms with Crippen LogP contribution in [0.15, 0.2) is 45.1 Å². The average Bonchev–Trinajstić information content (AvgIpc) is 3.99. The molecule has 0 spiro atoms. The van der Waals surface area contributed by atoms with Crippen molar-refractivity contribution in [2.75, 3.05) is 13.7 Å². The number of Topliss-reactive ketones (excluding diaryl/α,β-unsaturated/α-hetero) is 1. The number of ketones is 1. The van der Waals surface area contributed by atoms with E-state index in [9.17, 15) is 14.4 Å². The fourth-order valence-corrected chi connectivity index (χ4v) is 10.6. The largest absolute Gasteiger partial charge is 0.468 e. The molecule has 0 fully saturated rings. The monoisotopic (exact) mass is 873 g/mol. The van der Waals surface area contributed by atoms with Crippen molar-refractivity contribution in [2.24, 2.45) is 45.5 Å². The third-order valence-corrected chi connectivity index (χ3v) is 14.8. The second kappa shape index (κ2) is 21.5. The van der Waals surface area contributed by atoms with E-state index in [2.05, 4.69) is 91.0 Å². The van der Waals surface area contributed by atoms with Crippen molar-refractivity contribution >= 4 is 52.9 Å². The number of methoxy groups -OCH3 is 1. The lowest BCUT2D eigenvalue weighted by atomic mass is 9.83. The molecule has 0 amide bonds. The van der Waals surface area contributed by atoms with E-state index in [0.717, 1.165) is 87.1 Å². The third kappa shape index (κ3) is 10.7. The topological polar surface area (TPSA) is 126 Å². The first-order valence-corrected chi connectivity index (χ1v) is 24.4. The number of aliphatic imine (C=N–C) groups is 2. The fourth-order valence-electron chi connectivity index (χ4n) is 10.6. The molecule has 346 valence electrons. The van der Waals surface area contributed by atoms with Gasteiger partial charge < -0.3 is 19.4 Å². The van der Waals surface area contributed by atoms with Crippen LogP contribution in [0.5, 0.6) is 0 Å². The molecule has 64 heavy (non-hydrogen) atoms. The smallest absolute Gasteiger partial charge is 0.321 e. The number of rotatable bonds is 20. The average molecular weight is 873 g/mol. The van der Waals surface area contributed by atoms with E-state index in [4.69, 9.17) is 19.5 Å². The summed E-state index contributed by atoms with van der Waals surface area (Å²) in [6.07, 6.45) is 21.5. The fraction of sp³-hybridized carbons (Fsp3) is 0.582.